The van der Waals surface area contributed by atoms with Crippen LogP contribution in [0.15, 0.2) is 36.1 Å². The zero-order valence-electron chi connectivity index (χ0n) is 20.6. The fraction of sp³-hybridized carbons (Fsp3) is 0.800. The van der Waals surface area contributed by atoms with Crippen LogP contribution in [-0.2, 0) is 0 Å². The van der Waals surface area contributed by atoms with E-state index in [0.717, 1.165) is 42.1 Å². The van der Waals surface area contributed by atoms with Gasteiger partial charge in [-0.1, -0.05) is 49.6 Å². The Bertz CT molecular complexity index is 706. The van der Waals surface area contributed by atoms with E-state index in [9.17, 15) is 0 Å². The van der Waals surface area contributed by atoms with Gasteiger partial charge in [0.05, 0.1) is 0 Å². The third-order valence-corrected chi connectivity index (χ3v) is 10.4. The first kappa shape index (κ1) is 22.8. The van der Waals surface area contributed by atoms with Gasteiger partial charge in [-0.2, -0.15) is 0 Å². The summed E-state index contributed by atoms with van der Waals surface area (Å²) < 4.78 is 0. The minimum Gasteiger partial charge on any atom is -0.391 e. The second-order valence-corrected chi connectivity index (χ2v) is 12.1. The predicted octanol–water partition coefficient (Wildman–Crippen LogP) is 6.99. The maximum Gasteiger partial charge on any atom is 0.0207 e. The molecule has 1 aliphatic heterocycles. The molecular weight excluding hydrogens is 388 g/mol. The zero-order chi connectivity index (χ0) is 21.9. The van der Waals surface area contributed by atoms with Crippen LogP contribution < -0.4 is 11.1 Å². The molecule has 0 bridgehead atoms. The SMILES string of the molecule is C[C@@H](CC(N)C1CCC(C2CC=C(C3C=CCCC3)CC2)C2CCCCC12)C1C=CNC1. The van der Waals surface area contributed by atoms with Crippen molar-refractivity contribution in [1.29, 1.82) is 0 Å². The Morgan fingerprint density at radius 3 is 2.56 bits per heavy atom. The van der Waals surface area contributed by atoms with E-state index in [0.29, 0.717) is 17.9 Å². The molecule has 2 fully saturated rings. The van der Waals surface area contributed by atoms with Gasteiger partial charge in [-0.15, -0.1) is 0 Å². The number of rotatable bonds is 6. The minimum absolute atomic E-state index is 0.404. The van der Waals surface area contributed by atoms with Crippen LogP contribution in [0, 0.1) is 47.3 Å². The topological polar surface area (TPSA) is 38.0 Å². The Kier molecular flexibility index (Phi) is 7.46. The Morgan fingerprint density at radius 1 is 0.969 bits per heavy atom. The molecule has 4 aliphatic carbocycles. The van der Waals surface area contributed by atoms with Crippen molar-refractivity contribution in [3.05, 3.63) is 36.1 Å². The number of allylic oxidation sites excluding steroid dienone is 4. The fourth-order valence-electron chi connectivity index (χ4n) is 8.54. The van der Waals surface area contributed by atoms with Crippen molar-refractivity contribution in [2.24, 2.45) is 53.1 Å². The summed E-state index contributed by atoms with van der Waals surface area (Å²) in [5.41, 5.74) is 8.76. The summed E-state index contributed by atoms with van der Waals surface area (Å²) in [5.74, 6) is 6.73. The summed E-state index contributed by atoms with van der Waals surface area (Å²) in [5, 5.41) is 3.39. The molecular formula is C30H48N2. The van der Waals surface area contributed by atoms with Gasteiger partial charge in [0, 0.05) is 12.6 Å². The maximum absolute atomic E-state index is 6.99. The van der Waals surface area contributed by atoms with Crippen LogP contribution in [0.3, 0.4) is 0 Å². The molecule has 2 heteroatoms. The number of nitrogens with one attached hydrogen (secondary N) is 1. The van der Waals surface area contributed by atoms with Crippen molar-refractivity contribution < 1.29 is 0 Å². The molecule has 0 saturated heterocycles. The Hall–Kier alpha value is -1.02. The molecule has 0 amide bonds. The van der Waals surface area contributed by atoms with E-state index in [-0.39, 0.29) is 0 Å². The smallest absolute Gasteiger partial charge is 0.0207 e. The summed E-state index contributed by atoms with van der Waals surface area (Å²) >= 11 is 0. The Balaban J connectivity index is 1.21. The lowest BCUT2D eigenvalue weighted by Crippen LogP contribution is -2.47. The molecule has 5 rings (SSSR count). The maximum atomic E-state index is 6.99. The highest BCUT2D eigenvalue weighted by atomic mass is 14.9. The first-order valence-corrected chi connectivity index (χ1v) is 14.2. The second kappa shape index (κ2) is 10.5. The van der Waals surface area contributed by atoms with Gasteiger partial charge in [-0.3, -0.25) is 0 Å². The lowest BCUT2D eigenvalue weighted by molar-refractivity contribution is 0.00474. The van der Waals surface area contributed by atoms with Crippen molar-refractivity contribution in [2.75, 3.05) is 6.54 Å². The summed E-state index contributed by atoms with van der Waals surface area (Å²) in [6, 6.07) is 0.404. The van der Waals surface area contributed by atoms with E-state index in [1.165, 1.54) is 83.5 Å². The number of fused-ring (bicyclic) bond motifs is 1. The molecule has 0 spiro atoms. The van der Waals surface area contributed by atoms with E-state index in [1.807, 2.05) is 0 Å². The highest BCUT2D eigenvalue weighted by Gasteiger charge is 2.45. The molecule has 178 valence electrons. The lowest BCUT2D eigenvalue weighted by atomic mass is 9.55. The summed E-state index contributed by atoms with van der Waals surface area (Å²) in [6.07, 6.45) is 30.3. The van der Waals surface area contributed by atoms with Gasteiger partial charge in [0.25, 0.3) is 0 Å². The normalized spacial score (nSPS) is 41.4. The monoisotopic (exact) mass is 436 g/mol. The van der Waals surface area contributed by atoms with Crippen LogP contribution in [0.4, 0.5) is 0 Å². The summed E-state index contributed by atoms with van der Waals surface area (Å²) in [7, 11) is 0. The quantitative estimate of drug-likeness (QED) is 0.440. The predicted molar refractivity (Wildman–Crippen MR) is 136 cm³/mol. The molecule has 0 aromatic carbocycles. The van der Waals surface area contributed by atoms with Crippen LogP contribution in [0.5, 0.6) is 0 Å². The second-order valence-electron chi connectivity index (χ2n) is 12.1. The third kappa shape index (κ3) is 4.91. The molecule has 3 N–H and O–H groups in total. The molecule has 8 unspecified atom stereocenters. The van der Waals surface area contributed by atoms with Gasteiger partial charge in [-0.25, -0.2) is 0 Å². The van der Waals surface area contributed by atoms with E-state index in [2.05, 4.69) is 42.7 Å². The van der Waals surface area contributed by atoms with Crippen molar-refractivity contribution in [2.45, 2.75) is 96.4 Å². The molecule has 2 nitrogen and oxygen atoms in total. The van der Waals surface area contributed by atoms with E-state index in [1.54, 1.807) is 5.57 Å². The van der Waals surface area contributed by atoms with Crippen molar-refractivity contribution >= 4 is 0 Å². The average Bonchev–Trinajstić information content (AvgIpc) is 3.39. The van der Waals surface area contributed by atoms with Crippen LogP contribution >= 0.6 is 0 Å². The molecule has 5 aliphatic rings. The van der Waals surface area contributed by atoms with Crippen LogP contribution in [0.25, 0.3) is 0 Å². The average molecular weight is 437 g/mol. The van der Waals surface area contributed by atoms with E-state index >= 15 is 0 Å². The van der Waals surface area contributed by atoms with Gasteiger partial charge in [0.15, 0.2) is 0 Å². The molecule has 9 atom stereocenters. The fourth-order valence-corrected chi connectivity index (χ4v) is 8.54. The Labute approximate surface area is 197 Å². The minimum atomic E-state index is 0.404. The van der Waals surface area contributed by atoms with Crippen molar-refractivity contribution in [3.63, 3.8) is 0 Å². The molecule has 0 aromatic heterocycles. The standard InChI is InChI=1S/C30H48N2/c1-21(25-17-18-32-20-25)19-30(31)29-16-15-26(27-9-5-6-10-28(27)29)24-13-11-23(12-14-24)22-7-3-2-4-8-22/h3,7,11,17-18,21-22,24-30,32H,2,4-6,8-10,12-16,19-20,31H2,1H3/t21-,22?,24?,25?,26?,27?,28?,29?,30?/m0/s1. The lowest BCUT2D eigenvalue weighted by Gasteiger charge is -2.51. The third-order valence-electron chi connectivity index (χ3n) is 10.4. The summed E-state index contributed by atoms with van der Waals surface area (Å²) in [4.78, 5) is 0. The van der Waals surface area contributed by atoms with Crippen molar-refractivity contribution in [1.82, 2.24) is 5.32 Å². The van der Waals surface area contributed by atoms with E-state index < -0.39 is 0 Å². The van der Waals surface area contributed by atoms with E-state index in [4.69, 9.17) is 5.73 Å². The highest BCUT2D eigenvalue weighted by molar-refractivity contribution is 5.18. The molecule has 1 heterocycles. The number of nitrogens with two attached hydrogens (primary N) is 1. The molecule has 2 saturated carbocycles. The highest BCUT2D eigenvalue weighted by Crippen LogP contribution is 2.53. The van der Waals surface area contributed by atoms with Crippen LogP contribution in [-0.4, -0.2) is 12.6 Å². The molecule has 0 radical (unpaired) electrons. The van der Waals surface area contributed by atoms with Gasteiger partial charge in [0.1, 0.15) is 0 Å². The van der Waals surface area contributed by atoms with Crippen molar-refractivity contribution in [3.8, 4) is 0 Å². The first-order valence-electron chi connectivity index (χ1n) is 14.2. The van der Waals surface area contributed by atoms with Gasteiger partial charge < -0.3 is 11.1 Å². The van der Waals surface area contributed by atoms with Gasteiger partial charge >= 0.3 is 0 Å². The largest absolute Gasteiger partial charge is 0.391 e. The first-order chi connectivity index (χ1) is 15.7. The number of hydrogen-bond donors (Lipinski definition) is 2. The number of hydrogen-bond acceptors (Lipinski definition) is 2. The zero-order valence-corrected chi connectivity index (χ0v) is 20.6. The molecule has 0 aromatic rings. The van der Waals surface area contributed by atoms with Gasteiger partial charge in [0.2, 0.25) is 0 Å². The van der Waals surface area contributed by atoms with Crippen LogP contribution in [0.1, 0.15) is 90.4 Å². The summed E-state index contributed by atoms with van der Waals surface area (Å²) in [6.45, 7) is 3.54. The Morgan fingerprint density at radius 2 is 1.84 bits per heavy atom. The molecule has 32 heavy (non-hydrogen) atoms. The van der Waals surface area contributed by atoms with Gasteiger partial charge in [-0.05, 0) is 124 Å². The van der Waals surface area contributed by atoms with Crippen LogP contribution in [0.2, 0.25) is 0 Å².